The summed E-state index contributed by atoms with van der Waals surface area (Å²) in [5.41, 5.74) is 0. The fourth-order valence-electron chi connectivity index (χ4n) is 1.99. The summed E-state index contributed by atoms with van der Waals surface area (Å²) in [5.74, 6) is 0. The molecule has 1 aromatic heterocycles. The molecule has 0 aliphatic heterocycles. The second-order valence-corrected chi connectivity index (χ2v) is 7.19. The van der Waals surface area contributed by atoms with Gasteiger partial charge in [0.1, 0.15) is 0 Å². The summed E-state index contributed by atoms with van der Waals surface area (Å²) in [4.78, 5) is 5.28. The third-order valence-corrected chi connectivity index (χ3v) is 5.60. The number of hydrogen-bond donors (Lipinski definition) is 1. The van der Waals surface area contributed by atoms with Crippen LogP contribution in [-0.4, -0.2) is 30.6 Å². The van der Waals surface area contributed by atoms with Gasteiger partial charge in [0, 0.05) is 39.4 Å². The first-order chi connectivity index (χ1) is 8.08. The molecule has 0 saturated heterocycles. The fraction of sp³-hybridized carbons (Fsp3) is 0.692. The Morgan fingerprint density at radius 3 is 2.82 bits per heavy atom. The van der Waals surface area contributed by atoms with Gasteiger partial charge >= 0.3 is 0 Å². The van der Waals surface area contributed by atoms with Crippen molar-refractivity contribution >= 4 is 27.3 Å². The van der Waals surface area contributed by atoms with Gasteiger partial charge in [-0.15, -0.1) is 11.3 Å². The monoisotopic (exact) mass is 316 g/mol. The van der Waals surface area contributed by atoms with Gasteiger partial charge in [0.25, 0.3) is 0 Å². The van der Waals surface area contributed by atoms with Crippen molar-refractivity contribution in [1.82, 2.24) is 10.2 Å². The van der Waals surface area contributed by atoms with Crippen molar-refractivity contribution in [2.24, 2.45) is 0 Å². The molecule has 1 atom stereocenters. The van der Waals surface area contributed by atoms with E-state index in [1.807, 2.05) is 11.3 Å². The molecule has 0 aromatic carbocycles. The highest BCUT2D eigenvalue weighted by atomic mass is 79.9. The molecular weight excluding hydrogens is 296 g/mol. The largest absolute Gasteiger partial charge is 0.310 e. The van der Waals surface area contributed by atoms with E-state index in [0.717, 1.165) is 19.1 Å². The standard InChI is InChI=1S/C13H21BrN2S/c1-9(16(3)11-4-5-11)7-15-8-12-6-13(14)10(2)17-12/h6,9,11,15H,4-5,7-8H2,1-3H3. The third kappa shape index (κ3) is 3.78. The molecule has 0 bridgehead atoms. The van der Waals surface area contributed by atoms with Crippen molar-refractivity contribution in [2.75, 3.05) is 13.6 Å². The van der Waals surface area contributed by atoms with E-state index in [-0.39, 0.29) is 0 Å². The Morgan fingerprint density at radius 1 is 1.59 bits per heavy atom. The Balaban J connectivity index is 1.71. The Bertz CT molecular complexity index is 354. The molecule has 96 valence electrons. The molecule has 1 aliphatic rings. The molecule has 0 amide bonds. The summed E-state index contributed by atoms with van der Waals surface area (Å²) in [6, 6.07) is 3.71. The van der Waals surface area contributed by atoms with Crippen LogP contribution in [-0.2, 0) is 6.54 Å². The minimum Gasteiger partial charge on any atom is -0.310 e. The van der Waals surface area contributed by atoms with Gasteiger partial charge in [-0.1, -0.05) is 0 Å². The lowest BCUT2D eigenvalue weighted by molar-refractivity contribution is 0.241. The molecule has 4 heteroatoms. The molecule has 0 radical (unpaired) electrons. The predicted molar refractivity (Wildman–Crippen MR) is 78.7 cm³/mol. The zero-order chi connectivity index (χ0) is 12.4. The number of nitrogens with one attached hydrogen (secondary N) is 1. The van der Waals surface area contributed by atoms with Crippen molar-refractivity contribution in [1.29, 1.82) is 0 Å². The average Bonchev–Trinajstić information content (AvgIpc) is 3.06. The Labute approximate surface area is 117 Å². The molecule has 2 rings (SSSR count). The molecule has 1 aromatic rings. The molecule has 2 nitrogen and oxygen atoms in total. The highest BCUT2D eigenvalue weighted by Gasteiger charge is 2.28. The Kier molecular flexibility index (Phi) is 4.64. The van der Waals surface area contributed by atoms with E-state index >= 15 is 0 Å². The fourth-order valence-corrected chi connectivity index (χ4v) is 3.57. The lowest BCUT2D eigenvalue weighted by Gasteiger charge is -2.24. The van der Waals surface area contributed by atoms with Gasteiger partial charge in [0.2, 0.25) is 0 Å². The zero-order valence-corrected chi connectivity index (χ0v) is 13.2. The summed E-state index contributed by atoms with van der Waals surface area (Å²) in [7, 11) is 2.25. The molecule has 1 heterocycles. The zero-order valence-electron chi connectivity index (χ0n) is 10.8. The number of thiophene rings is 1. The van der Waals surface area contributed by atoms with Gasteiger partial charge in [0.15, 0.2) is 0 Å². The van der Waals surface area contributed by atoms with E-state index < -0.39 is 0 Å². The number of likely N-dealkylation sites (N-methyl/N-ethyl adjacent to an activating group) is 1. The summed E-state index contributed by atoms with van der Waals surface area (Å²) in [6.45, 7) is 6.52. The number of halogens is 1. The van der Waals surface area contributed by atoms with Crippen molar-refractivity contribution < 1.29 is 0 Å². The maximum atomic E-state index is 3.56. The van der Waals surface area contributed by atoms with Gasteiger partial charge in [-0.2, -0.15) is 0 Å². The number of nitrogens with zero attached hydrogens (tertiary/aromatic N) is 1. The number of aryl methyl sites for hydroxylation is 1. The van der Waals surface area contributed by atoms with Crippen LogP contribution in [0.5, 0.6) is 0 Å². The highest BCUT2D eigenvalue weighted by Crippen LogP contribution is 2.27. The third-order valence-electron chi connectivity index (χ3n) is 3.47. The first kappa shape index (κ1) is 13.5. The van der Waals surface area contributed by atoms with E-state index in [4.69, 9.17) is 0 Å². The minimum atomic E-state index is 0.631. The molecule has 1 saturated carbocycles. The Hall–Kier alpha value is 0.100. The molecular formula is C13H21BrN2S. The van der Waals surface area contributed by atoms with Crippen molar-refractivity contribution in [3.05, 3.63) is 20.3 Å². The molecule has 1 fully saturated rings. The van der Waals surface area contributed by atoms with Gasteiger partial charge in [-0.05, 0) is 55.7 Å². The normalized spacial score (nSPS) is 17.7. The lowest BCUT2D eigenvalue weighted by atomic mass is 10.3. The topological polar surface area (TPSA) is 15.3 Å². The van der Waals surface area contributed by atoms with Crippen LogP contribution in [0.1, 0.15) is 29.5 Å². The molecule has 1 N–H and O–H groups in total. The summed E-state index contributed by atoms with van der Waals surface area (Å²) in [6.07, 6.45) is 2.77. The van der Waals surface area contributed by atoms with E-state index in [1.165, 1.54) is 27.1 Å². The summed E-state index contributed by atoms with van der Waals surface area (Å²) < 4.78 is 1.24. The summed E-state index contributed by atoms with van der Waals surface area (Å²) >= 11 is 5.43. The average molecular weight is 317 g/mol. The second-order valence-electron chi connectivity index (χ2n) is 4.99. The summed E-state index contributed by atoms with van der Waals surface area (Å²) in [5, 5.41) is 3.55. The van der Waals surface area contributed by atoms with Crippen LogP contribution in [0.2, 0.25) is 0 Å². The minimum absolute atomic E-state index is 0.631. The van der Waals surface area contributed by atoms with Crippen LogP contribution in [0.4, 0.5) is 0 Å². The SMILES string of the molecule is Cc1sc(CNCC(C)N(C)C2CC2)cc1Br. The smallest absolute Gasteiger partial charge is 0.0314 e. The van der Waals surface area contributed by atoms with E-state index in [9.17, 15) is 0 Å². The van der Waals surface area contributed by atoms with Crippen LogP contribution in [0.25, 0.3) is 0 Å². The van der Waals surface area contributed by atoms with E-state index in [2.05, 4.69) is 53.1 Å². The van der Waals surface area contributed by atoms with Crippen LogP contribution >= 0.6 is 27.3 Å². The lowest BCUT2D eigenvalue weighted by Crippen LogP contribution is -2.38. The first-order valence-electron chi connectivity index (χ1n) is 6.25. The molecule has 1 unspecified atom stereocenters. The van der Waals surface area contributed by atoms with Crippen LogP contribution in [0.3, 0.4) is 0 Å². The van der Waals surface area contributed by atoms with E-state index in [1.54, 1.807) is 0 Å². The van der Waals surface area contributed by atoms with Gasteiger partial charge in [-0.25, -0.2) is 0 Å². The highest BCUT2D eigenvalue weighted by molar-refractivity contribution is 9.10. The second kappa shape index (κ2) is 5.83. The van der Waals surface area contributed by atoms with Crippen molar-refractivity contribution in [2.45, 2.75) is 45.3 Å². The molecule has 17 heavy (non-hydrogen) atoms. The first-order valence-corrected chi connectivity index (χ1v) is 7.86. The molecule has 0 spiro atoms. The van der Waals surface area contributed by atoms with Crippen LogP contribution in [0, 0.1) is 6.92 Å². The number of hydrogen-bond acceptors (Lipinski definition) is 3. The van der Waals surface area contributed by atoms with Crippen molar-refractivity contribution in [3.63, 3.8) is 0 Å². The predicted octanol–water partition coefficient (Wildman–Crippen LogP) is 3.39. The quantitative estimate of drug-likeness (QED) is 0.865. The maximum Gasteiger partial charge on any atom is 0.0314 e. The Morgan fingerprint density at radius 2 is 2.29 bits per heavy atom. The van der Waals surface area contributed by atoms with Crippen molar-refractivity contribution in [3.8, 4) is 0 Å². The number of rotatable bonds is 6. The van der Waals surface area contributed by atoms with Crippen LogP contribution < -0.4 is 5.32 Å². The van der Waals surface area contributed by atoms with Gasteiger partial charge in [-0.3, -0.25) is 4.90 Å². The maximum absolute atomic E-state index is 3.56. The van der Waals surface area contributed by atoms with Crippen LogP contribution in [0.15, 0.2) is 10.5 Å². The van der Waals surface area contributed by atoms with Gasteiger partial charge in [0.05, 0.1) is 0 Å². The molecule has 1 aliphatic carbocycles. The van der Waals surface area contributed by atoms with Gasteiger partial charge < -0.3 is 5.32 Å². The van der Waals surface area contributed by atoms with E-state index in [0.29, 0.717) is 6.04 Å².